The maximum atomic E-state index is 11.5. The number of hydrogen-bond donors (Lipinski definition) is 1. The van der Waals surface area contributed by atoms with Crippen LogP contribution in [0.3, 0.4) is 0 Å². The van der Waals surface area contributed by atoms with Gasteiger partial charge in [-0.05, 0) is 56.0 Å². The summed E-state index contributed by atoms with van der Waals surface area (Å²) in [6, 6.07) is 9.05. The molecule has 1 aromatic heterocycles. The highest BCUT2D eigenvalue weighted by Crippen LogP contribution is 2.37. The Morgan fingerprint density at radius 2 is 1.97 bits per heavy atom. The van der Waals surface area contributed by atoms with E-state index < -0.39 is 0 Å². The molecule has 0 spiro atoms. The van der Waals surface area contributed by atoms with Gasteiger partial charge in [-0.25, -0.2) is 9.78 Å². The lowest BCUT2D eigenvalue weighted by molar-refractivity contribution is -0.121. The lowest BCUT2D eigenvalue weighted by Gasteiger charge is -2.29. The van der Waals surface area contributed by atoms with Crippen molar-refractivity contribution in [1.82, 2.24) is 10.3 Å². The minimum Gasteiger partial charge on any atom is -0.489 e. The van der Waals surface area contributed by atoms with Crippen molar-refractivity contribution in [3.8, 4) is 5.75 Å². The molecule has 0 bridgehead atoms. The Balaban J connectivity index is 0.000000200. The number of nitrogens with one attached hydrogen (secondary N) is 1. The quantitative estimate of drug-likeness (QED) is 0.507. The van der Waals surface area contributed by atoms with E-state index in [4.69, 9.17) is 25.8 Å². The normalized spacial score (nSPS) is 15.9. The summed E-state index contributed by atoms with van der Waals surface area (Å²) in [5, 5.41) is 2.98. The Labute approximate surface area is 223 Å². The monoisotopic (exact) mass is 533 g/mol. The van der Waals surface area contributed by atoms with Crippen LogP contribution in [-0.2, 0) is 14.3 Å². The van der Waals surface area contributed by atoms with Crippen LogP contribution in [0.1, 0.15) is 49.7 Å². The lowest BCUT2D eigenvalue weighted by Crippen LogP contribution is -2.41. The fourth-order valence-electron chi connectivity index (χ4n) is 3.34. The number of carbonyl (C=O) groups excluding carboxylic acids is 3. The first kappa shape index (κ1) is 30.1. The van der Waals surface area contributed by atoms with Crippen LogP contribution in [0.15, 0.2) is 36.5 Å². The number of hydrogen-bond acceptors (Lipinski definition) is 7. The molecule has 2 unspecified atom stereocenters. The van der Waals surface area contributed by atoms with Crippen molar-refractivity contribution in [3.63, 3.8) is 0 Å². The summed E-state index contributed by atoms with van der Waals surface area (Å²) in [5.74, 6) is 1.38. The molecule has 1 N–H and O–H groups in total. The van der Waals surface area contributed by atoms with Crippen LogP contribution >= 0.6 is 11.6 Å². The van der Waals surface area contributed by atoms with Crippen molar-refractivity contribution >= 4 is 35.1 Å². The van der Waals surface area contributed by atoms with Crippen molar-refractivity contribution in [2.75, 3.05) is 38.4 Å². The zero-order chi connectivity index (χ0) is 27.4. The summed E-state index contributed by atoms with van der Waals surface area (Å²) < 4.78 is 15.7. The van der Waals surface area contributed by atoms with Gasteiger partial charge < -0.3 is 19.5 Å². The summed E-state index contributed by atoms with van der Waals surface area (Å²) in [6.07, 6.45) is 3.41. The second-order valence-corrected chi connectivity index (χ2v) is 9.32. The second kappa shape index (κ2) is 15.2. The molecule has 3 heterocycles. The highest BCUT2D eigenvalue weighted by atomic mass is 35.5. The zero-order valence-electron chi connectivity index (χ0n) is 22.1. The average molecular weight is 534 g/mol. The predicted molar refractivity (Wildman–Crippen MR) is 142 cm³/mol. The molecule has 2 amide bonds. The van der Waals surface area contributed by atoms with Crippen LogP contribution in [-0.4, -0.2) is 62.3 Å². The van der Waals surface area contributed by atoms with Crippen molar-refractivity contribution in [1.29, 1.82) is 0 Å². The standard InChI is InChI=1S/C11H11NO3.C9H18O2.C7H7ClN2O/c1-7-2-3-9-10(4-7)14-5-8-6-15-11(13)12(8)9;1-4-8(2)5-6-11-7-9(3)10;1-9-7(11)6-3-2-5(8)4-10-6/h2-4,8H,5-6H2,1H3;8H,4-7H2,1-3H3;2-4H,1H3,(H,9,11). The summed E-state index contributed by atoms with van der Waals surface area (Å²) in [7, 11) is 1.55. The Hall–Kier alpha value is -3.17. The fraction of sp³-hybridized carbons (Fsp3) is 0.481. The Morgan fingerprint density at radius 3 is 2.59 bits per heavy atom. The third kappa shape index (κ3) is 9.66. The van der Waals surface area contributed by atoms with E-state index >= 15 is 0 Å². The fourth-order valence-corrected chi connectivity index (χ4v) is 3.45. The van der Waals surface area contributed by atoms with Gasteiger partial charge in [0.25, 0.3) is 5.91 Å². The molecule has 2 aliphatic heterocycles. The molecular weight excluding hydrogens is 498 g/mol. The van der Waals surface area contributed by atoms with Crippen LogP contribution < -0.4 is 15.0 Å². The predicted octanol–water partition coefficient (Wildman–Crippen LogP) is 4.84. The molecule has 37 heavy (non-hydrogen) atoms. The maximum Gasteiger partial charge on any atom is 0.414 e. The van der Waals surface area contributed by atoms with Crippen LogP contribution in [0, 0.1) is 12.8 Å². The number of nitrogens with zero attached hydrogens (tertiary/aromatic N) is 2. The number of Topliss-reactive ketones (excluding diaryl/α,β-unsaturated/α-hetero) is 1. The number of anilines is 1. The van der Waals surface area contributed by atoms with Crippen molar-refractivity contribution < 1.29 is 28.6 Å². The molecule has 1 aromatic carbocycles. The van der Waals surface area contributed by atoms with Crippen LogP contribution in [0.25, 0.3) is 0 Å². The SMILES string of the molecule is CCC(C)CCOCC(C)=O.CNC(=O)c1ccc(Cl)cn1.Cc1ccc2c(c1)OCC1COC(=O)N21. The number of aryl methyl sites for hydroxylation is 1. The van der Waals surface area contributed by atoms with Gasteiger partial charge in [0.05, 0.1) is 10.7 Å². The van der Waals surface area contributed by atoms with E-state index in [2.05, 4.69) is 24.1 Å². The van der Waals surface area contributed by atoms with E-state index in [1.54, 1.807) is 31.0 Å². The van der Waals surface area contributed by atoms with Crippen molar-refractivity contribution in [2.45, 2.75) is 46.6 Å². The number of benzene rings is 1. The van der Waals surface area contributed by atoms with E-state index in [9.17, 15) is 14.4 Å². The van der Waals surface area contributed by atoms with Gasteiger partial charge >= 0.3 is 6.09 Å². The number of cyclic esters (lactones) is 1. The molecule has 1 saturated heterocycles. The van der Waals surface area contributed by atoms with Gasteiger partial charge in [-0.2, -0.15) is 0 Å². The first-order valence-corrected chi connectivity index (χ1v) is 12.6. The number of fused-ring (bicyclic) bond motifs is 3. The summed E-state index contributed by atoms with van der Waals surface area (Å²) in [4.78, 5) is 38.3. The molecule has 2 aliphatic rings. The van der Waals surface area contributed by atoms with Gasteiger partial charge in [0.2, 0.25) is 0 Å². The second-order valence-electron chi connectivity index (χ2n) is 8.88. The molecule has 4 rings (SSSR count). The van der Waals surface area contributed by atoms with Gasteiger partial charge in [-0.3, -0.25) is 14.5 Å². The number of ether oxygens (including phenoxy) is 3. The Morgan fingerprint density at radius 1 is 1.24 bits per heavy atom. The topological polar surface area (TPSA) is 107 Å². The van der Waals surface area contributed by atoms with Crippen molar-refractivity contribution in [2.24, 2.45) is 5.92 Å². The molecule has 9 nitrogen and oxygen atoms in total. The third-order valence-electron chi connectivity index (χ3n) is 5.71. The first-order chi connectivity index (χ1) is 17.7. The van der Waals surface area contributed by atoms with Gasteiger partial charge in [0, 0.05) is 19.9 Å². The number of rotatable bonds is 7. The lowest BCUT2D eigenvalue weighted by atomic mass is 10.1. The number of halogens is 1. The minimum absolute atomic E-state index is 0.0349. The van der Waals surface area contributed by atoms with Gasteiger partial charge in [-0.1, -0.05) is 37.9 Å². The van der Waals surface area contributed by atoms with E-state index in [1.165, 1.54) is 12.6 Å². The molecule has 0 aliphatic carbocycles. The van der Waals surface area contributed by atoms with Crippen LogP contribution in [0.5, 0.6) is 5.75 Å². The number of aromatic nitrogens is 1. The molecule has 1 fully saturated rings. The van der Waals surface area contributed by atoms with E-state index in [-0.39, 0.29) is 30.4 Å². The van der Waals surface area contributed by atoms with Crippen molar-refractivity contribution in [3.05, 3.63) is 52.8 Å². The molecule has 0 radical (unpaired) electrons. The van der Waals surface area contributed by atoms with Gasteiger partial charge in [0.15, 0.2) is 5.78 Å². The number of pyridine rings is 1. The van der Waals surface area contributed by atoms with E-state index in [0.717, 1.165) is 23.4 Å². The number of amides is 2. The van der Waals surface area contributed by atoms with Crippen LogP contribution in [0.4, 0.5) is 10.5 Å². The maximum absolute atomic E-state index is 11.5. The number of ketones is 1. The summed E-state index contributed by atoms with van der Waals surface area (Å²) in [5.41, 5.74) is 2.32. The largest absolute Gasteiger partial charge is 0.489 e. The average Bonchev–Trinajstić information content (AvgIpc) is 3.28. The smallest absolute Gasteiger partial charge is 0.414 e. The Bertz CT molecular complexity index is 1050. The van der Waals surface area contributed by atoms with Crippen LogP contribution in [0.2, 0.25) is 5.02 Å². The molecule has 202 valence electrons. The van der Waals surface area contributed by atoms with E-state index in [1.807, 2.05) is 25.1 Å². The minimum atomic E-state index is -0.270. The summed E-state index contributed by atoms with van der Waals surface area (Å²) >= 11 is 5.57. The summed E-state index contributed by atoms with van der Waals surface area (Å²) in [6.45, 7) is 9.83. The molecule has 2 aromatic rings. The van der Waals surface area contributed by atoms with Gasteiger partial charge in [-0.15, -0.1) is 0 Å². The van der Waals surface area contributed by atoms with Gasteiger partial charge in [0.1, 0.15) is 37.3 Å². The third-order valence-corrected chi connectivity index (χ3v) is 5.94. The highest BCUT2D eigenvalue weighted by Gasteiger charge is 2.39. The highest BCUT2D eigenvalue weighted by molar-refractivity contribution is 6.30. The number of carbonyl (C=O) groups is 3. The molecule has 2 atom stereocenters. The Kier molecular flexibility index (Phi) is 12.3. The molecular formula is C27H36ClN3O6. The molecule has 0 saturated carbocycles. The molecule has 10 heteroatoms. The first-order valence-electron chi connectivity index (χ1n) is 12.3. The van der Waals surface area contributed by atoms with E-state index in [0.29, 0.717) is 36.5 Å². The zero-order valence-corrected chi connectivity index (χ0v) is 22.8.